The number of nitrogens with one attached hydrogen (secondary N) is 1. The van der Waals surface area contributed by atoms with Gasteiger partial charge in [0.15, 0.2) is 0 Å². The summed E-state index contributed by atoms with van der Waals surface area (Å²) in [7, 11) is 0. The average Bonchev–Trinajstić information content (AvgIpc) is 2.25. The van der Waals surface area contributed by atoms with Crippen LogP contribution in [0.1, 0.15) is 11.5 Å². The Bertz CT molecular complexity index is 581. The van der Waals surface area contributed by atoms with Gasteiger partial charge in [-0.05, 0) is 25.1 Å². The zero-order valence-corrected chi connectivity index (χ0v) is 9.99. The van der Waals surface area contributed by atoms with Gasteiger partial charge in [-0.2, -0.15) is 0 Å². The molecular weight excluding hydrogens is 240 g/mol. The van der Waals surface area contributed by atoms with Crippen LogP contribution in [0.25, 0.3) is 0 Å². The van der Waals surface area contributed by atoms with Crippen molar-refractivity contribution in [1.82, 2.24) is 9.97 Å². The fourth-order valence-corrected chi connectivity index (χ4v) is 1.60. The third-order valence-corrected chi connectivity index (χ3v) is 2.33. The van der Waals surface area contributed by atoms with Gasteiger partial charge in [0.2, 0.25) is 0 Å². The Balaban J connectivity index is 2.09. The van der Waals surface area contributed by atoms with E-state index < -0.39 is 0 Å². The van der Waals surface area contributed by atoms with Gasteiger partial charge in [-0.3, -0.25) is 4.79 Å². The van der Waals surface area contributed by atoms with E-state index >= 15 is 0 Å². The summed E-state index contributed by atoms with van der Waals surface area (Å²) < 4.78 is 5.47. The van der Waals surface area contributed by atoms with Crippen LogP contribution in [-0.4, -0.2) is 9.97 Å². The highest BCUT2D eigenvalue weighted by Crippen LogP contribution is 2.17. The SMILES string of the molecule is Cc1cc(=O)[nH]c(COc2cccc(Cl)c2)n1. The van der Waals surface area contributed by atoms with Gasteiger partial charge in [0.1, 0.15) is 18.2 Å². The second kappa shape index (κ2) is 5.01. The molecular formula is C12H11ClN2O2. The summed E-state index contributed by atoms with van der Waals surface area (Å²) in [5.41, 5.74) is 0.487. The van der Waals surface area contributed by atoms with Crippen molar-refractivity contribution >= 4 is 11.6 Å². The molecule has 0 unspecified atom stereocenters. The van der Waals surface area contributed by atoms with E-state index in [1.807, 2.05) is 0 Å². The summed E-state index contributed by atoms with van der Waals surface area (Å²) in [6.07, 6.45) is 0. The molecule has 0 atom stereocenters. The molecule has 0 spiro atoms. The van der Waals surface area contributed by atoms with E-state index in [1.165, 1.54) is 6.07 Å². The Morgan fingerprint density at radius 3 is 2.94 bits per heavy atom. The molecule has 0 bridgehead atoms. The van der Waals surface area contributed by atoms with Crippen molar-refractivity contribution in [1.29, 1.82) is 0 Å². The molecule has 1 aromatic carbocycles. The standard InChI is InChI=1S/C12H11ClN2O2/c1-8-5-12(16)15-11(14-8)7-17-10-4-2-3-9(13)6-10/h2-6H,7H2,1H3,(H,14,15,16). The van der Waals surface area contributed by atoms with Crippen LogP contribution in [0.3, 0.4) is 0 Å². The lowest BCUT2D eigenvalue weighted by Gasteiger charge is -2.06. The first-order chi connectivity index (χ1) is 8.13. The quantitative estimate of drug-likeness (QED) is 0.910. The van der Waals surface area contributed by atoms with E-state index in [4.69, 9.17) is 16.3 Å². The van der Waals surface area contributed by atoms with E-state index in [9.17, 15) is 4.79 Å². The molecule has 0 fully saturated rings. The number of benzene rings is 1. The minimum Gasteiger partial charge on any atom is -0.486 e. The summed E-state index contributed by atoms with van der Waals surface area (Å²) in [6, 6.07) is 8.49. The molecule has 17 heavy (non-hydrogen) atoms. The smallest absolute Gasteiger partial charge is 0.251 e. The van der Waals surface area contributed by atoms with Gasteiger partial charge in [0.25, 0.3) is 5.56 Å². The number of aryl methyl sites for hydroxylation is 1. The number of hydrogen-bond donors (Lipinski definition) is 1. The lowest BCUT2D eigenvalue weighted by Crippen LogP contribution is -2.13. The number of H-pyrrole nitrogens is 1. The van der Waals surface area contributed by atoms with Crippen LogP contribution in [-0.2, 0) is 6.61 Å². The lowest BCUT2D eigenvalue weighted by atomic mass is 10.3. The van der Waals surface area contributed by atoms with Crippen LogP contribution in [0.2, 0.25) is 5.02 Å². The van der Waals surface area contributed by atoms with Crippen molar-refractivity contribution < 1.29 is 4.74 Å². The van der Waals surface area contributed by atoms with Crippen molar-refractivity contribution in [2.24, 2.45) is 0 Å². The fourth-order valence-electron chi connectivity index (χ4n) is 1.42. The minimum absolute atomic E-state index is 0.179. The number of halogens is 1. The first kappa shape index (κ1) is 11.7. The Morgan fingerprint density at radius 2 is 2.24 bits per heavy atom. The maximum Gasteiger partial charge on any atom is 0.251 e. The van der Waals surface area contributed by atoms with Crippen molar-refractivity contribution in [2.45, 2.75) is 13.5 Å². The molecule has 2 rings (SSSR count). The number of ether oxygens (including phenoxy) is 1. The summed E-state index contributed by atoms with van der Waals surface area (Å²) in [5.74, 6) is 1.14. The Hall–Kier alpha value is -1.81. The predicted molar refractivity (Wildman–Crippen MR) is 65.4 cm³/mol. The molecule has 5 heteroatoms. The Kier molecular flexibility index (Phi) is 3.44. The number of hydrogen-bond acceptors (Lipinski definition) is 3. The summed E-state index contributed by atoms with van der Waals surface area (Å²) in [5, 5.41) is 0.605. The first-order valence-corrected chi connectivity index (χ1v) is 5.46. The minimum atomic E-state index is -0.179. The highest BCUT2D eigenvalue weighted by molar-refractivity contribution is 6.30. The van der Waals surface area contributed by atoms with Gasteiger partial charge in [-0.15, -0.1) is 0 Å². The zero-order chi connectivity index (χ0) is 12.3. The monoisotopic (exact) mass is 250 g/mol. The number of rotatable bonds is 3. The van der Waals surface area contributed by atoms with Gasteiger partial charge in [0, 0.05) is 16.8 Å². The van der Waals surface area contributed by atoms with Gasteiger partial charge in [0.05, 0.1) is 0 Å². The molecule has 0 aliphatic carbocycles. The number of aromatic nitrogens is 2. The van der Waals surface area contributed by atoms with Crippen molar-refractivity contribution in [3.63, 3.8) is 0 Å². The average molecular weight is 251 g/mol. The Labute approximate surface area is 103 Å². The molecule has 4 nitrogen and oxygen atoms in total. The van der Waals surface area contributed by atoms with Crippen LogP contribution in [0.4, 0.5) is 0 Å². The molecule has 0 saturated heterocycles. The van der Waals surface area contributed by atoms with E-state index in [1.54, 1.807) is 31.2 Å². The summed E-state index contributed by atoms with van der Waals surface area (Å²) in [4.78, 5) is 18.0. The van der Waals surface area contributed by atoms with Crippen LogP contribution < -0.4 is 10.3 Å². The molecule has 1 N–H and O–H groups in total. The molecule has 1 heterocycles. The van der Waals surface area contributed by atoms with Gasteiger partial charge in [-0.1, -0.05) is 17.7 Å². The second-order valence-electron chi connectivity index (χ2n) is 3.58. The summed E-state index contributed by atoms with van der Waals surface area (Å²) in [6.45, 7) is 1.97. The number of nitrogens with zero attached hydrogens (tertiary/aromatic N) is 1. The molecule has 1 aromatic heterocycles. The van der Waals surface area contributed by atoms with E-state index in [0.717, 1.165) is 0 Å². The van der Waals surface area contributed by atoms with Gasteiger partial charge >= 0.3 is 0 Å². The molecule has 88 valence electrons. The molecule has 0 aliphatic rings. The van der Waals surface area contributed by atoms with E-state index in [2.05, 4.69) is 9.97 Å². The van der Waals surface area contributed by atoms with Crippen LogP contribution in [0.5, 0.6) is 5.75 Å². The van der Waals surface area contributed by atoms with Crippen molar-refractivity contribution in [3.05, 3.63) is 57.2 Å². The zero-order valence-electron chi connectivity index (χ0n) is 9.24. The van der Waals surface area contributed by atoms with Crippen LogP contribution in [0, 0.1) is 6.92 Å². The molecule has 2 aromatic rings. The van der Waals surface area contributed by atoms with Crippen LogP contribution in [0.15, 0.2) is 35.1 Å². The fraction of sp³-hybridized carbons (Fsp3) is 0.167. The van der Waals surface area contributed by atoms with E-state index in [0.29, 0.717) is 22.3 Å². The third-order valence-electron chi connectivity index (χ3n) is 2.09. The largest absolute Gasteiger partial charge is 0.486 e. The van der Waals surface area contributed by atoms with Crippen molar-refractivity contribution in [2.75, 3.05) is 0 Å². The van der Waals surface area contributed by atoms with E-state index in [-0.39, 0.29) is 12.2 Å². The normalized spacial score (nSPS) is 10.2. The maximum absolute atomic E-state index is 11.2. The molecule has 0 radical (unpaired) electrons. The highest BCUT2D eigenvalue weighted by Gasteiger charge is 2.00. The second-order valence-corrected chi connectivity index (χ2v) is 4.02. The maximum atomic E-state index is 11.2. The first-order valence-electron chi connectivity index (χ1n) is 5.09. The molecule has 0 aliphatic heterocycles. The topological polar surface area (TPSA) is 55.0 Å². The van der Waals surface area contributed by atoms with Crippen molar-refractivity contribution in [3.8, 4) is 5.75 Å². The third kappa shape index (κ3) is 3.32. The Morgan fingerprint density at radius 1 is 1.41 bits per heavy atom. The predicted octanol–water partition coefficient (Wildman–Crippen LogP) is 2.31. The van der Waals surface area contributed by atoms with Crippen LogP contribution >= 0.6 is 11.6 Å². The molecule has 0 amide bonds. The number of aromatic amines is 1. The highest BCUT2D eigenvalue weighted by atomic mass is 35.5. The lowest BCUT2D eigenvalue weighted by molar-refractivity contribution is 0.295. The van der Waals surface area contributed by atoms with Gasteiger partial charge < -0.3 is 9.72 Å². The van der Waals surface area contributed by atoms with Gasteiger partial charge in [-0.25, -0.2) is 4.98 Å². The molecule has 0 saturated carbocycles. The summed E-state index contributed by atoms with van der Waals surface area (Å²) >= 11 is 5.82.